The minimum Gasteiger partial charge on any atom is -0.493 e. The first kappa shape index (κ1) is 20.1. The van der Waals surface area contributed by atoms with Gasteiger partial charge >= 0.3 is 0 Å². The zero-order valence-electron chi connectivity index (χ0n) is 17.2. The topological polar surface area (TPSA) is 65.7 Å². The van der Waals surface area contributed by atoms with E-state index < -0.39 is 12.1 Å². The quantitative estimate of drug-likeness (QED) is 0.546. The highest BCUT2D eigenvalue weighted by Gasteiger charge is 2.48. The summed E-state index contributed by atoms with van der Waals surface area (Å²) in [6, 6.07) is 5.87. The summed E-state index contributed by atoms with van der Waals surface area (Å²) in [4.78, 5) is 21.2. The van der Waals surface area contributed by atoms with Crippen LogP contribution in [0.25, 0.3) is 5.65 Å². The summed E-state index contributed by atoms with van der Waals surface area (Å²) in [7, 11) is 1.57. The average Bonchev–Trinajstić information content (AvgIpc) is 3.39. The maximum atomic E-state index is 12.9. The standard InChI is InChI=1S/C23H23F2N3O3/c1-30-20-8-14(7-19(29)16-3-2-4-17(26-16)21(24)25)11-28-12-18(27-22(20)28)15-9-23(10-15)5-6-31-13-23/h2-4,8,11-12,15,21H,5-7,9-10,13H2,1H3. The molecule has 2 fully saturated rings. The fourth-order valence-electron chi connectivity index (χ4n) is 4.76. The molecular formula is C23H23F2N3O3. The van der Waals surface area contributed by atoms with Crippen molar-refractivity contribution in [2.24, 2.45) is 5.41 Å². The normalized spacial score (nSPS) is 22.9. The van der Waals surface area contributed by atoms with Crippen LogP contribution < -0.4 is 4.74 Å². The molecule has 1 spiro atoms. The molecule has 5 rings (SSSR count). The van der Waals surface area contributed by atoms with Crippen molar-refractivity contribution in [3.8, 4) is 5.75 Å². The molecule has 0 atom stereocenters. The van der Waals surface area contributed by atoms with Gasteiger partial charge in [-0.3, -0.25) is 4.79 Å². The monoisotopic (exact) mass is 427 g/mol. The average molecular weight is 427 g/mol. The Morgan fingerprint density at radius 2 is 2.16 bits per heavy atom. The summed E-state index contributed by atoms with van der Waals surface area (Å²) >= 11 is 0. The highest BCUT2D eigenvalue weighted by molar-refractivity contribution is 5.95. The molecular weight excluding hydrogens is 404 g/mol. The number of carbonyl (C=O) groups is 1. The first-order chi connectivity index (χ1) is 15.0. The van der Waals surface area contributed by atoms with E-state index >= 15 is 0 Å². The molecule has 162 valence electrons. The van der Waals surface area contributed by atoms with Gasteiger partial charge in [-0.25, -0.2) is 18.7 Å². The number of hydrogen-bond donors (Lipinski definition) is 0. The third-order valence-electron chi connectivity index (χ3n) is 6.42. The molecule has 2 aliphatic rings. The van der Waals surface area contributed by atoms with Crippen LogP contribution in [-0.2, 0) is 11.2 Å². The summed E-state index contributed by atoms with van der Waals surface area (Å²) in [6.07, 6.45) is 4.44. The van der Waals surface area contributed by atoms with E-state index in [-0.39, 0.29) is 17.9 Å². The SMILES string of the molecule is COc1cc(CC(=O)c2cccc(C(F)F)n2)cn2cc(C3CC4(CCOC4)C3)nc12. The Morgan fingerprint density at radius 1 is 1.32 bits per heavy atom. The highest BCUT2D eigenvalue weighted by Crippen LogP contribution is 2.55. The van der Waals surface area contributed by atoms with Gasteiger partial charge in [-0.2, -0.15) is 0 Å². The van der Waals surface area contributed by atoms with Gasteiger partial charge in [0.1, 0.15) is 11.4 Å². The second-order valence-corrected chi connectivity index (χ2v) is 8.57. The molecule has 0 aromatic carbocycles. The number of ketones is 1. The van der Waals surface area contributed by atoms with Crippen LogP contribution in [-0.4, -0.2) is 40.5 Å². The molecule has 1 saturated carbocycles. The van der Waals surface area contributed by atoms with Crippen molar-refractivity contribution in [3.63, 3.8) is 0 Å². The Morgan fingerprint density at radius 3 is 2.87 bits per heavy atom. The van der Waals surface area contributed by atoms with Gasteiger partial charge in [-0.15, -0.1) is 0 Å². The van der Waals surface area contributed by atoms with E-state index in [2.05, 4.69) is 4.98 Å². The number of pyridine rings is 2. The van der Waals surface area contributed by atoms with Crippen LogP contribution in [0.2, 0.25) is 0 Å². The molecule has 0 amide bonds. The lowest BCUT2D eigenvalue weighted by Crippen LogP contribution is -2.36. The lowest BCUT2D eigenvalue weighted by atomic mass is 9.61. The second kappa shape index (κ2) is 7.67. The van der Waals surface area contributed by atoms with E-state index in [1.54, 1.807) is 13.2 Å². The van der Waals surface area contributed by atoms with Crippen LogP contribution in [0.4, 0.5) is 8.78 Å². The lowest BCUT2D eigenvalue weighted by Gasteiger charge is -2.43. The number of hydrogen-bond acceptors (Lipinski definition) is 5. The van der Waals surface area contributed by atoms with Gasteiger partial charge < -0.3 is 13.9 Å². The molecule has 3 aromatic rings. The maximum absolute atomic E-state index is 12.9. The summed E-state index contributed by atoms with van der Waals surface area (Å²) in [6.45, 7) is 1.69. The summed E-state index contributed by atoms with van der Waals surface area (Å²) < 4.78 is 38.8. The Balaban J connectivity index is 1.38. The predicted molar refractivity (Wildman–Crippen MR) is 109 cm³/mol. The van der Waals surface area contributed by atoms with Gasteiger partial charge in [0.2, 0.25) is 0 Å². The zero-order valence-corrected chi connectivity index (χ0v) is 17.2. The van der Waals surface area contributed by atoms with Crippen molar-refractivity contribution in [2.45, 2.75) is 38.0 Å². The van der Waals surface area contributed by atoms with Gasteiger partial charge in [0.25, 0.3) is 6.43 Å². The molecule has 1 aliphatic carbocycles. The minimum absolute atomic E-state index is 0.0294. The second-order valence-electron chi connectivity index (χ2n) is 8.57. The number of carbonyl (C=O) groups excluding carboxylic acids is 1. The van der Waals surface area contributed by atoms with E-state index in [0.29, 0.717) is 28.3 Å². The third-order valence-corrected chi connectivity index (χ3v) is 6.42. The van der Waals surface area contributed by atoms with Crippen LogP contribution in [0.5, 0.6) is 5.75 Å². The fraction of sp³-hybridized carbons (Fsp3) is 0.435. The smallest absolute Gasteiger partial charge is 0.280 e. The molecule has 8 heteroatoms. The molecule has 3 aromatic heterocycles. The molecule has 0 radical (unpaired) electrons. The lowest BCUT2D eigenvalue weighted by molar-refractivity contribution is 0.0706. The molecule has 1 saturated heterocycles. The number of fused-ring (bicyclic) bond motifs is 1. The van der Waals surface area contributed by atoms with Crippen molar-refractivity contribution in [1.29, 1.82) is 0 Å². The number of imidazole rings is 1. The first-order valence-electron chi connectivity index (χ1n) is 10.4. The largest absolute Gasteiger partial charge is 0.493 e. The van der Waals surface area contributed by atoms with Crippen molar-refractivity contribution < 1.29 is 23.0 Å². The van der Waals surface area contributed by atoms with Crippen LogP contribution in [0.3, 0.4) is 0 Å². The van der Waals surface area contributed by atoms with E-state index in [1.807, 2.05) is 16.8 Å². The third kappa shape index (κ3) is 3.69. The fourth-order valence-corrected chi connectivity index (χ4v) is 4.76. The van der Waals surface area contributed by atoms with Crippen LogP contribution in [0.15, 0.2) is 36.7 Å². The predicted octanol–water partition coefficient (Wildman–Crippen LogP) is 4.39. The van der Waals surface area contributed by atoms with Crippen LogP contribution in [0.1, 0.15) is 59.0 Å². The number of methoxy groups -OCH3 is 1. The molecule has 0 unspecified atom stereocenters. The number of alkyl halides is 2. The van der Waals surface area contributed by atoms with E-state index in [4.69, 9.17) is 14.5 Å². The van der Waals surface area contributed by atoms with Gasteiger partial charge in [0.05, 0.1) is 19.4 Å². The van der Waals surface area contributed by atoms with Gasteiger partial charge in [-0.1, -0.05) is 6.07 Å². The zero-order chi connectivity index (χ0) is 21.6. The number of Topliss-reactive ketones (excluding diaryl/α,β-unsaturated/α-hetero) is 1. The Bertz CT molecular complexity index is 1130. The number of ether oxygens (including phenoxy) is 2. The Labute approximate surface area is 178 Å². The maximum Gasteiger partial charge on any atom is 0.280 e. The number of halogens is 2. The summed E-state index contributed by atoms with van der Waals surface area (Å²) in [5.41, 5.74) is 2.38. The van der Waals surface area contributed by atoms with Gasteiger partial charge in [0, 0.05) is 31.3 Å². The highest BCUT2D eigenvalue weighted by atomic mass is 19.3. The first-order valence-corrected chi connectivity index (χ1v) is 10.4. The van der Waals surface area contributed by atoms with Crippen molar-refractivity contribution in [2.75, 3.05) is 20.3 Å². The minimum atomic E-state index is -2.71. The molecule has 0 N–H and O–H groups in total. The molecule has 4 heterocycles. The van der Waals surface area contributed by atoms with E-state index in [9.17, 15) is 13.6 Å². The van der Waals surface area contributed by atoms with Crippen molar-refractivity contribution in [1.82, 2.24) is 14.4 Å². The van der Waals surface area contributed by atoms with E-state index in [1.165, 1.54) is 18.2 Å². The van der Waals surface area contributed by atoms with Crippen molar-refractivity contribution in [3.05, 3.63) is 59.3 Å². The molecule has 1 aliphatic heterocycles. The molecule has 6 nitrogen and oxygen atoms in total. The molecule has 31 heavy (non-hydrogen) atoms. The Kier molecular flexibility index (Phi) is 4.97. The Hall–Kier alpha value is -2.87. The van der Waals surface area contributed by atoms with Crippen molar-refractivity contribution >= 4 is 11.4 Å². The molecule has 0 bridgehead atoms. The number of nitrogens with zero attached hydrogens (tertiary/aromatic N) is 3. The van der Waals surface area contributed by atoms with Crippen LogP contribution >= 0.6 is 0 Å². The summed E-state index contributed by atoms with van der Waals surface area (Å²) in [5, 5.41) is 0. The van der Waals surface area contributed by atoms with Gasteiger partial charge in [-0.05, 0) is 48.4 Å². The van der Waals surface area contributed by atoms with Gasteiger partial charge in [0.15, 0.2) is 17.2 Å². The van der Waals surface area contributed by atoms with Crippen LogP contribution in [0, 0.1) is 5.41 Å². The number of aromatic nitrogens is 3. The number of rotatable bonds is 6. The summed E-state index contributed by atoms with van der Waals surface area (Å²) in [5.74, 6) is 0.646. The van der Waals surface area contributed by atoms with E-state index in [0.717, 1.165) is 38.2 Å².